The molecule has 1 N–H and O–H groups in total. The van der Waals surface area contributed by atoms with Crippen LogP contribution in [0.15, 0.2) is 47.4 Å². The number of sulfonamides is 1. The topological polar surface area (TPSA) is 86.8 Å². The van der Waals surface area contributed by atoms with E-state index in [-0.39, 0.29) is 23.1 Å². The molecule has 2 fully saturated rings. The Bertz CT molecular complexity index is 1110. The van der Waals surface area contributed by atoms with Gasteiger partial charge in [-0.1, -0.05) is 12.1 Å². The van der Waals surface area contributed by atoms with Gasteiger partial charge in [-0.05, 0) is 68.1 Å². The molecule has 8 heteroatoms. The van der Waals surface area contributed by atoms with Crippen molar-refractivity contribution in [3.05, 3.63) is 53.6 Å². The Hall–Kier alpha value is -2.71. The van der Waals surface area contributed by atoms with Gasteiger partial charge in [0, 0.05) is 37.4 Å². The Morgan fingerprint density at radius 3 is 2.39 bits per heavy atom. The maximum absolute atomic E-state index is 12.8. The van der Waals surface area contributed by atoms with Gasteiger partial charge in [0.05, 0.1) is 10.8 Å². The molecule has 2 aliphatic heterocycles. The highest BCUT2D eigenvalue weighted by Crippen LogP contribution is 2.30. The van der Waals surface area contributed by atoms with Crippen molar-refractivity contribution in [3.63, 3.8) is 0 Å². The first-order chi connectivity index (χ1) is 14.8. The summed E-state index contributed by atoms with van der Waals surface area (Å²) in [4.78, 5) is 27.2. The maximum Gasteiger partial charge on any atom is 0.243 e. The molecule has 0 radical (unpaired) electrons. The number of nitrogens with one attached hydrogen (secondary N) is 1. The molecule has 7 nitrogen and oxygen atoms in total. The van der Waals surface area contributed by atoms with Crippen LogP contribution in [0.25, 0.3) is 0 Å². The first kappa shape index (κ1) is 21.5. The van der Waals surface area contributed by atoms with E-state index in [1.165, 1.54) is 16.4 Å². The molecule has 0 spiro atoms. The predicted molar refractivity (Wildman–Crippen MR) is 119 cm³/mol. The van der Waals surface area contributed by atoms with Crippen LogP contribution in [-0.2, 0) is 19.6 Å². The Kier molecular flexibility index (Phi) is 5.85. The molecule has 2 amide bonds. The van der Waals surface area contributed by atoms with Crippen molar-refractivity contribution in [1.82, 2.24) is 4.31 Å². The van der Waals surface area contributed by atoms with E-state index in [0.717, 1.165) is 29.7 Å². The molecule has 2 aromatic carbocycles. The second-order valence-electron chi connectivity index (χ2n) is 8.25. The first-order valence-electron chi connectivity index (χ1n) is 10.5. The SMILES string of the molecule is Cc1cccc(N2C[C@@H](C(=O)Nc3ccc(S(=O)(=O)N4CCCC4)cc3)CC2=O)c1C. The van der Waals surface area contributed by atoms with Gasteiger partial charge in [-0.15, -0.1) is 0 Å². The van der Waals surface area contributed by atoms with Crippen LogP contribution in [-0.4, -0.2) is 44.2 Å². The van der Waals surface area contributed by atoms with Crippen molar-refractivity contribution in [2.24, 2.45) is 5.92 Å². The third kappa shape index (κ3) is 4.22. The van der Waals surface area contributed by atoms with Gasteiger partial charge < -0.3 is 10.2 Å². The quantitative estimate of drug-likeness (QED) is 0.773. The van der Waals surface area contributed by atoms with Crippen molar-refractivity contribution >= 4 is 33.2 Å². The number of carbonyl (C=O) groups is 2. The molecule has 2 aliphatic rings. The van der Waals surface area contributed by atoms with Crippen molar-refractivity contribution in [2.45, 2.75) is 38.0 Å². The van der Waals surface area contributed by atoms with E-state index in [9.17, 15) is 18.0 Å². The fourth-order valence-corrected chi connectivity index (χ4v) is 5.69. The van der Waals surface area contributed by atoms with Crippen LogP contribution in [0.3, 0.4) is 0 Å². The molecule has 164 valence electrons. The monoisotopic (exact) mass is 441 g/mol. The Labute approximate surface area is 183 Å². The van der Waals surface area contributed by atoms with E-state index in [0.29, 0.717) is 25.3 Å². The average Bonchev–Trinajstić information content (AvgIpc) is 3.41. The van der Waals surface area contributed by atoms with E-state index in [1.54, 1.807) is 17.0 Å². The Morgan fingerprint density at radius 1 is 1.03 bits per heavy atom. The maximum atomic E-state index is 12.8. The van der Waals surface area contributed by atoms with Crippen LogP contribution in [0, 0.1) is 19.8 Å². The minimum Gasteiger partial charge on any atom is -0.326 e. The number of carbonyl (C=O) groups excluding carboxylic acids is 2. The van der Waals surface area contributed by atoms with Crippen LogP contribution < -0.4 is 10.2 Å². The minimum absolute atomic E-state index is 0.0686. The van der Waals surface area contributed by atoms with Crippen LogP contribution in [0.1, 0.15) is 30.4 Å². The van der Waals surface area contributed by atoms with Gasteiger partial charge >= 0.3 is 0 Å². The number of hydrogen-bond acceptors (Lipinski definition) is 4. The number of hydrogen-bond donors (Lipinski definition) is 1. The summed E-state index contributed by atoms with van der Waals surface area (Å²) in [6.45, 7) is 5.40. The Balaban J connectivity index is 1.43. The van der Waals surface area contributed by atoms with Gasteiger partial charge in [-0.25, -0.2) is 8.42 Å². The van der Waals surface area contributed by atoms with Gasteiger partial charge in [-0.3, -0.25) is 9.59 Å². The molecule has 0 saturated carbocycles. The summed E-state index contributed by atoms with van der Waals surface area (Å²) in [5.41, 5.74) is 3.49. The lowest BCUT2D eigenvalue weighted by atomic mass is 10.1. The summed E-state index contributed by atoms with van der Waals surface area (Å²) in [5, 5.41) is 2.82. The largest absolute Gasteiger partial charge is 0.326 e. The molecule has 2 aromatic rings. The normalized spacial score (nSPS) is 19.7. The zero-order chi connectivity index (χ0) is 22.2. The van der Waals surface area contributed by atoms with Gasteiger partial charge in [0.25, 0.3) is 0 Å². The molecular formula is C23H27N3O4S. The average molecular weight is 442 g/mol. The van der Waals surface area contributed by atoms with E-state index in [1.807, 2.05) is 32.0 Å². The third-order valence-corrected chi connectivity index (χ3v) is 8.10. The zero-order valence-electron chi connectivity index (χ0n) is 17.8. The molecule has 2 heterocycles. The van der Waals surface area contributed by atoms with Crippen LogP contribution in [0.4, 0.5) is 11.4 Å². The fourth-order valence-electron chi connectivity index (χ4n) is 4.18. The number of aryl methyl sites for hydroxylation is 1. The highest BCUT2D eigenvalue weighted by Gasteiger charge is 2.36. The number of anilines is 2. The van der Waals surface area contributed by atoms with E-state index >= 15 is 0 Å². The molecule has 31 heavy (non-hydrogen) atoms. The van der Waals surface area contributed by atoms with Crippen molar-refractivity contribution in [3.8, 4) is 0 Å². The highest BCUT2D eigenvalue weighted by molar-refractivity contribution is 7.89. The fraction of sp³-hybridized carbons (Fsp3) is 0.391. The summed E-state index contributed by atoms with van der Waals surface area (Å²) in [6.07, 6.45) is 1.92. The second kappa shape index (κ2) is 8.43. The van der Waals surface area contributed by atoms with E-state index in [2.05, 4.69) is 5.32 Å². The second-order valence-corrected chi connectivity index (χ2v) is 10.2. The smallest absolute Gasteiger partial charge is 0.243 e. The lowest BCUT2D eigenvalue weighted by Crippen LogP contribution is -2.29. The zero-order valence-corrected chi connectivity index (χ0v) is 18.6. The summed E-state index contributed by atoms with van der Waals surface area (Å²) >= 11 is 0. The summed E-state index contributed by atoms with van der Waals surface area (Å²) < 4.78 is 26.8. The highest BCUT2D eigenvalue weighted by atomic mass is 32.2. The predicted octanol–water partition coefficient (Wildman–Crippen LogP) is 3.08. The molecular weight excluding hydrogens is 414 g/mol. The van der Waals surface area contributed by atoms with Gasteiger partial charge in [-0.2, -0.15) is 4.31 Å². The molecule has 1 atom stereocenters. The summed E-state index contributed by atoms with van der Waals surface area (Å²) in [7, 11) is -3.48. The number of benzene rings is 2. The molecule has 2 saturated heterocycles. The van der Waals surface area contributed by atoms with E-state index < -0.39 is 15.9 Å². The van der Waals surface area contributed by atoms with E-state index in [4.69, 9.17) is 0 Å². The summed E-state index contributed by atoms with van der Waals surface area (Å²) in [5.74, 6) is -0.766. The molecule has 0 aromatic heterocycles. The van der Waals surface area contributed by atoms with Crippen molar-refractivity contribution in [2.75, 3.05) is 29.9 Å². The van der Waals surface area contributed by atoms with Gasteiger partial charge in [0.1, 0.15) is 0 Å². The molecule has 0 unspecified atom stereocenters. The standard InChI is InChI=1S/C23H27N3O4S/c1-16-6-5-7-21(17(16)2)26-15-18(14-22(26)27)23(28)24-19-8-10-20(11-9-19)31(29,30)25-12-3-4-13-25/h5-11,18H,3-4,12-15H2,1-2H3,(H,24,28)/t18-/m0/s1. The lowest BCUT2D eigenvalue weighted by Gasteiger charge is -2.20. The summed E-state index contributed by atoms with van der Waals surface area (Å²) in [6, 6.07) is 12.0. The lowest BCUT2D eigenvalue weighted by molar-refractivity contribution is -0.122. The van der Waals surface area contributed by atoms with Crippen LogP contribution in [0.2, 0.25) is 0 Å². The first-order valence-corrected chi connectivity index (χ1v) is 12.0. The number of amides is 2. The van der Waals surface area contributed by atoms with Crippen LogP contribution in [0.5, 0.6) is 0 Å². The van der Waals surface area contributed by atoms with Crippen molar-refractivity contribution in [1.29, 1.82) is 0 Å². The Morgan fingerprint density at radius 2 is 1.71 bits per heavy atom. The van der Waals surface area contributed by atoms with Crippen molar-refractivity contribution < 1.29 is 18.0 Å². The molecule has 4 rings (SSSR count). The minimum atomic E-state index is -3.48. The van der Waals surface area contributed by atoms with Crippen LogP contribution >= 0.6 is 0 Å². The number of rotatable bonds is 5. The third-order valence-electron chi connectivity index (χ3n) is 6.19. The van der Waals surface area contributed by atoms with Gasteiger partial charge in [0.2, 0.25) is 21.8 Å². The van der Waals surface area contributed by atoms with Gasteiger partial charge in [0.15, 0.2) is 0 Å². The number of nitrogens with zero attached hydrogens (tertiary/aromatic N) is 2. The molecule has 0 bridgehead atoms. The molecule has 0 aliphatic carbocycles.